The Morgan fingerprint density at radius 3 is 2.25 bits per heavy atom. The predicted octanol–water partition coefficient (Wildman–Crippen LogP) is 1.42. The molecule has 20 heavy (non-hydrogen) atoms. The van der Waals surface area contributed by atoms with Crippen molar-refractivity contribution in [1.82, 2.24) is 9.62 Å². The summed E-state index contributed by atoms with van der Waals surface area (Å²) in [5.41, 5.74) is 6.14. The summed E-state index contributed by atoms with van der Waals surface area (Å²) in [6.45, 7) is 6.21. The van der Waals surface area contributed by atoms with Crippen LogP contribution in [0.2, 0.25) is 0 Å². The van der Waals surface area contributed by atoms with E-state index in [4.69, 9.17) is 5.73 Å². The Morgan fingerprint density at radius 1 is 1.20 bits per heavy atom. The molecule has 1 saturated heterocycles. The molecule has 112 valence electrons. The second-order valence-electron chi connectivity index (χ2n) is 5.59. The van der Waals surface area contributed by atoms with Gasteiger partial charge in [0, 0.05) is 17.8 Å². The van der Waals surface area contributed by atoms with Gasteiger partial charge in [0.15, 0.2) is 0 Å². The van der Waals surface area contributed by atoms with Crippen LogP contribution < -0.4 is 10.5 Å². The molecule has 6 heteroatoms. The molecular formula is C14H23N3O2S. The van der Waals surface area contributed by atoms with Gasteiger partial charge in [0.25, 0.3) is 0 Å². The van der Waals surface area contributed by atoms with Crippen LogP contribution in [0.15, 0.2) is 29.2 Å². The number of nitrogens with one attached hydrogen (secondary N) is 1. The zero-order valence-corrected chi connectivity index (χ0v) is 12.9. The Hall–Kier alpha value is -1.11. The van der Waals surface area contributed by atoms with Crippen molar-refractivity contribution >= 4 is 15.7 Å². The highest BCUT2D eigenvalue weighted by molar-refractivity contribution is 7.89. The van der Waals surface area contributed by atoms with Crippen molar-refractivity contribution in [2.75, 3.05) is 18.8 Å². The van der Waals surface area contributed by atoms with Gasteiger partial charge in [0.2, 0.25) is 10.0 Å². The number of nitrogens with two attached hydrogens (primary N) is 1. The van der Waals surface area contributed by atoms with E-state index in [2.05, 4.69) is 23.5 Å². The maximum absolute atomic E-state index is 12.3. The standard InChI is InChI=1S/C14H23N3O2S/c1-11(2)17-9-7-13(8-10-17)16-20(18,19)14-5-3-12(15)4-6-14/h3-6,11,13,16H,7-10,15H2,1-2H3. The van der Waals surface area contributed by atoms with Crippen molar-refractivity contribution in [3.8, 4) is 0 Å². The molecule has 1 aliphatic rings. The fraction of sp³-hybridized carbons (Fsp3) is 0.571. The van der Waals surface area contributed by atoms with Crippen molar-refractivity contribution in [2.24, 2.45) is 0 Å². The predicted molar refractivity (Wildman–Crippen MR) is 80.9 cm³/mol. The maximum atomic E-state index is 12.3. The number of likely N-dealkylation sites (tertiary alicyclic amines) is 1. The highest BCUT2D eigenvalue weighted by atomic mass is 32.2. The molecule has 5 nitrogen and oxygen atoms in total. The van der Waals surface area contributed by atoms with Crippen LogP contribution in [0, 0.1) is 0 Å². The first-order valence-electron chi connectivity index (χ1n) is 7.00. The molecule has 0 unspecified atom stereocenters. The summed E-state index contributed by atoms with van der Waals surface area (Å²) in [7, 11) is -3.44. The molecule has 0 spiro atoms. The van der Waals surface area contributed by atoms with E-state index in [1.807, 2.05) is 0 Å². The van der Waals surface area contributed by atoms with E-state index in [0.717, 1.165) is 25.9 Å². The number of rotatable bonds is 4. The minimum absolute atomic E-state index is 0.0209. The Morgan fingerprint density at radius 2 is 1.75 bits per heavy atom. The van der Waals surface area contributed by atoms with Gasteiger partial charge in [-0.15, -0.1) is 0 Å². The third-order valence-corrected chi connectivity index (χ3v) is 5.31. The normalized spacial score (nSPS) is 18.6. The summed E-state index contributed by atoms with van der Waals surface area (Å²) in [6.07, 6.45) is 1.71. The summed E-state index contributed by atoms with van der Waals surface area (Å²) < 4.78 is 27.3. The van der Waals surface area contributed by atoms with Crippen molar-refractivity contribution in [2.45, 2.75) is 43.7 Å². The molecule has 2 rings (SSSR count). The third-order valence-electron chi connectivity index (χ3n) is 3.77. The second kappa shape index (κ2) is 6.11. The third kappa shape index (κ3) is 3.71. The average molecular weight is 297 g/mol. The maximum Gasteiger partial charge on any atom is 0.240 e. The molecule has 1 aromatic rings. The molecule has 1 fully saturated rings. The molecule has 0 saturated carbocycles. The first-order chi connectivity index (χ1) is 9.38. The summed E-state index contributed by atoms with van der Waals surface area (Å²) in [5, 5.41) is 0. The van der Waals surface area contributed by atoms with Gasteiger partial charge in [-0.25, -0.2) is 13.1 Å². The highest BCUT2D eigenvalue weighted by Gasteiger charge is 2.25. The molecule has 0 bridgehead atoms. The van der Waals surface area contributed by atoms with Gasteiger partial charge in [-0.3, -0.25) is 0 Å². The Balaban J connectivity index is 1.98. The van der Waals surface area contributed by atoms with Crippen LogP contribution in [-0.4, -0.2) is 38.5 Å². The van der Waals surface area contributed by atoms with E-state index < -0.39 is 10.0 Å². The molecule has 0 atom stereocenters. The van der Waals surface area contributed by atoms with E-state index in [1.165, 1.54) is 0 Å². The largest absolute Gasteiger partial charge is 0.399 e. The molecule has 1 aliphatic heterocycles. The molecule has 3 N–H and O–H groups in total. The van der Waals surface area contributed by atoms with Gasteiger partial charge in [0.1, 0.15) is 0 Å². The van der Waals surface area contributed by atoms with Crippen LogP contribution in [0.3, 0.4) is 0 Å². The van der Waals surface area contributed by atoms with Crippen LogP contribution in [0.1, 0.15) is 26.7 Å². The van der Waals surface area contributed by atoms with Gasteiger partial charge in [0.05, 0.1) is 4.90 Å². The number of nitrogen functional groups attached to an aromatic ring is 1. The highest BCUT2D eigenvalue weighted by Crippen LogP contribution is 2.17. The number of hydrogen-bond donors (Lipinski definition) is 2. The fourth-order valence-corrected chi connectivity index (χ4v) is 3.77. The average Bonchev–Trinajstić information content (AvgIpc) is 2.39. The van der Waals surface area contributed by atoms with Crippen molar-refractivity contribution < 1.29 is 8.42 Å². The SMILES string of the molecule is CC(C)N1CCC(NS(=O)(=O)c2ccc(N)cc2)CC1. The van der Waals surface area contributed by atoms with E-state index in [-0.39, 0.29) is 10.9 Å². The number of benzene rings is 1. The summed E-state index contributed by atoms with van der Waals surface area (Å²) in [5.74, 6) is 0. The molecule has 0 aromatic heterocycles. The summed E-state index contributed by atoms with van der Waals surface area (Å²) in [4.78, 5) is 2.64. The first-order valence-corrected chi connectivity index (χ1v) is 8.49. The molecule has 0 radical (unpaired) electrons. The Kier molecular flexibility index (Phi) is 4.67. The van der Waals surface area contributed by atoms with Crippen LogP contribution in [0.5, 0.6) is 0 Å². The lowest BCUT2D eigenvalue weighted by atomic mass is 10.1. The Bertz CT molecular complexity index is 532. The van der Waals surface area contributed by atoms with Gasteiger partial charge < -0.3 is 10.6 Å². The van der Waals surface area contributed by atoms with Crippen molar-refractivity contribution in [3.63, 3.8) is 0 Å². The Labute approximate surface area is 121 Å². The number of sulfonamides is 1. The smallest absolute Gasteiger partial charge is 0.240 e. The first kappa shape index (κ1) is 15.3. The minimum Gasteiger partial charge on any atom is -0.399 e. The lowest BCUT2D eigenvalue weighted by molar-refractivity contribution is 0.168. The lowest BCUT2D eigenvalue weighted by Gasteiger charge is -2.34. The van der Waals surface area contributed by atoms with Crippen molar-refractivity contribution in [3.05, 3.63) is 24.3 Å². The molecule has 0 aliphatic carbocycles. The van der Waals surface area contributed by atoms with Crippen molar-refractivity contribution in [1.29, 1.82) is 0 Å². The van der Waals surface area contributed by atoms with Gasteiger partial charge in [-0.1, -0.05) is 0 Å². The minimum atomic E-state index is -3.44. The van der Waals surface area contributed by atoms with Crippen LogP contribution in [0.25, 0.3) is 0 Å². The zero-order valence-electron chi connectivity index (χ0n) is 12.0. The zero-order chi connectivity index (χ0) is 14.8. The number of anilines is 1. The molecule has 0 amide bonds. The van der Waals surface area contributed by atoms with Crippen LogP contribution in [-0.2, 0) is 10.0 Å². The van der Waals surface area contributed by atoms with Crippen LogP contribution in [0.4, 0.5) is 5.69 Å². The lowest BCUT2D eigenvalue weighted by Crippen LogP contribution is -2.46. The van der Waals surface area contributed by atoms with Gasteiger partial charge >= 0.3 is 0 Å². The van der Waals surface area contributed by atoms with E-state index in [1.54, 1.807) is 24.3 Å². The molecular weight excluding hydrogens is 274 g/mol. The topological polar surface area (TPSA) is 75.4 Å². The fourth-order valence-electron chi connectivity index (χ4n) is 2.47. The molecule has 1 aromatic carbocycles. The monoisotopic (exact) mass is 297 g/mol. The second-order valence-corrected chi connectivity index (χ2v) is 7.31. The molecule has 1 heterocycles. The number of nitrogens with zero attached hydrogens (tertiary/aromatic N) is 1. The van der Waals surface area contributed by atoms with Gasteiger partial charge in [-0.05, 0) is 64.0 Å². The van der Waals surface area contributed by atoms with E-state index >= 15 is 0 Å². The van der Waals surface area contributed by atoms with E-state index in [9.17, 15) is 8.42 Å². The summed E-state index contributed by atoms with van der Waals surface area (Å²) in [6, 6.07) is 6.84. The van der Waals surface area contributed by atoms with E-state index in [0.29, 0.717) is 11.7 Å². The summed E-state index contributed by atoms with van der Waals surface area (Å²) >= 11 is 0. The number of hydrogen-bond acceptors (Lipinski definition) is 4. The number of piperidine rings is 1. The quantitative estimate of drug-likeness (QED) is 0.824. The van der Waals surface area contributed by atoms with Crippen LogP contribution >= 0.6 is 0 Å². The van der Waals surface area contributed by atoms with Gasteiger partial charge in [-0.2, -0.15) is 0 Å².